The molecule has 2 rings (SSSR count). The fourth-order valence-corrected chi connectivity index (χ4v) is 2.59. The summed E-state index contributed by atoms with van der Waals surface area (Å²) in [5.74, 6) is -1.57. The number of alkyl halides is 3. The third-order valence-electron chi connectivity index (χ3n) is 3.91. The molecular weight excluding hydrogens is 363 g/mol. The van der Waals surface area contributed by atoms with Crippen LogP contribution in [0.3, 0.4) is 0 Å². The lowest BCUT2D eigenvalue weighted by Gasteiger charge is -2.14. The van der Waals surface area contributed by atoms with Gasteiger partial charge in [-0.15, -0.1) is 0 Å². The summed E-state index contributed by atoms with van der Waals surface area (Å²) < 4.78 is 44.0. The largest absolute Gasteiger partial charge is 0.506 e. The maximum atomic E-state index is 13.1. The summed E-state index contributed by atoms with van der Waals surface area (Å²) >= 11 is 0. The predicted octanol–water partition coefficient (Wildman–Crippen LogP) is 4.31. The molecule has 0 aliphatic carbocycles. The van der Waals surface area contributed by atoms with Crippen molar-refractivity contribution in [2.24, 2.45) is 0 Å². The Morgan fingerprint density at radius 3 is 2.48 bits per heavy atom. The summed E-state index contributed by atoms with van der Waals surface area (Å²) in [6, 6.07) is 6.20. The van der Waals surface area contributed by atoms with Crippen LogP contribution in [0, 0.1) is 6.92 Å². The summed E-state index contributed by atoms with van der Waals surface area (Å²) in [5.41, 5.74) is -0.813. The molecule has 1 aromatic carbocycles. The predicted molar refractivity (Wildman–Crippen MR) is 91.3 cm³/mol. The second-order valence-electron chi connectivity index (χ2n) is 5.77. The van der Waals surface area contributed by atoms with E-state index in [2.05, 4.69) is 4.98 Å². The fraction of sp³-hybridized carbons (Fsp3) is 0.316. The van der Waals surface area contributed by atoms with Gasteiger partial charge in [-0.25, -0.2) is 4.98 Å². The Morgan fingerprint density at radius 1 is 1.15 bits per heavy atom. The number of aromatic hydroxyl groups is 1. The Bertz CT molecular complexity index is 863. The second-order valence-corrected chi connectivity index (χ2v) is 5.77. The number of aromatic nitrogens is 1. The summed E-state index contributed by atoms with van der Waals surface area (Å²) in [5, 5.41) is 9.89. The number of esters is 1. The van der Waals surface area contributed by atoms with E-state index in [9.17, 15) is 27.9 Å². The van der Waals surface area contributed by atoms with Gasteiger partial charge in [-0.2, -0.15) is 13.2 Å². The van der Waals surface area contributed by atoms with E-state index in [1.165, 1.54) is 31.2 Å². The van der Waals surface area contributed by atoms with Crippen molar-refractivity contribution in [3.8, 4) is 17.0 Å². The molecule has 0 fully saturated rings. The number of Topliss-reactive ketones (excluding diaryl/α,β-unsaturated/α-hetero) is 1. The van der Waals surface area contributed by atoms with Crippen molar-refractivity contribution in [3.63, 3.8) is 0 Å². The van der Waals surface area contributed by atoms with Gasteiger partial charge >= 0.3 is 12.1 Å². The minimum absolute atomic E-state index is 0.0342. The first-order chi connectivity index (χ1) is 12.6. The van der Waals surface area contributed by atoms with Crippen LogP contribution in [-0.2, 0) is 15.7 Å². The summed E-state index contributed by atoms with van der Waals surface area (Å²) in [4.78, 5) is 27.7. The van der Waals surface area contributed by atoms with Crippen LogP contribution in [0.25, 0.3) is 11.3 Å². The highest BCUT2D eigenvalue weighted by molar-refractivity contribution is 5.98. The van der Waals surface area contributed by atoms with Crippen molar-refractivity contribution < 1.29 is 32.6 Å². The van der Waals surface area contributed by atoms with Crippen LogP contribution in [0.15, 0.2) is 30.3 Å². The van der Waals surface area contributed by atoms with Gasteiger partial charge in [0.25, 0.3) is 0 Å². The van der Waals surface area contributed by atoms with Gasteiger partial charge in [0.05, 0.1) is 24.3 Å². The van der Waals surface area contributed by atoms with Gasteiger partial charge in [0.15, 0.2) is 5.78 Å². The Balaban J connectivity index is 2.35. The van der Waals surface area contributed by atoms with E-state index in [-0.39, 0.29) is 42.0 Å². The number of ether oxygens (including phenoxy) is 1. The number of benzene rings is 1. The Kier molecular flexibility index (Phi) is 6.20. The maximum Gasteiger partial charge on any atom is 0.416 e. The number of rotatable bonds is 6. The smallest absolute Gasteiger partial charge is 0.416 e. The van der Waals surface area contributed by atoms with E-state index >= 15 is 0 Å². The first-order valence-electron chi connectivity index (χ1n) is 8.21. The third-order valence-corrected chi connectivity index (χ3v) is 3.91. The Hall–Kier alpha value is -2.90. The third kappa shape index (κ3) is 4.84. The molecule has 0 aliphatic heterocycles. The number of halogens is 3. The van der Waals surface area contributed by atoms with Crippen molar-refractivity contribution in [3.05, 3.63) is 47.2 Å². The quantitative estimate of drug-likeness (QED) is 0.596. The van der Waals surface area contributed by atoms with Crippen molar-refractivity contribution in [1.29, 1.82) is 0 Å². The van der Waals surface area contributed by atoms with E-state index in [4.69, 9.17) is 4.74 Å². The number of carbonyl (C=O) groups is 2. The molecule has 1 aromatic heterocycles. The van der Waals surface area contributed by atoms with Crippen molar-refractivity contribution in [1.82, 2.24) is 4.98 Å². The molecule has 27 heavy (non-hydrogen) atoms. The molecule has 1 N–H and O–H groups in total. The van der Waals surface area contributed by atoms with Gasteiger partial charge in [0.2, 0.25) is 0 Å². The van der Waals surface area contributed by atoms with Gasteiger partial charge in [-0.1, -0.05) is 12.1 Å². The molecule has 144 valence electrons. The Labute approximate surface area is 153 Å². The highest BCUT2D eigenvalue weighted by Gasteiger charge is 2.33. The zero-order chi connectivity index (χ0) is 20.2. The standard InChI is InChI=1S/C19H18F3NO4/c1-3-27-17(26)10-9-16(25)18-15(24)8-7-14(23-18)12-5-4-6-13(11(12)2)19(20,21)22/h4-8,24H,3,9-10H2,1-2H3. The number of pyridine rings is 1. The highest BCUT2D eigenvalue weighted by Crippen LogP contribution is 2.36. The lowest BCUT2D eigenvalue weighted by Crippen LogP contribution is -2.10. The zero-order valence-electron chi connectivity index (χ0n) is 14.8. The molecule has 0 saturated carbocycles. The Morgan fingerprint density at radius 2 is 1.85 bits per heavy atom. The highest BCUT2D eigenvalue weighted by atomic mass is 19.4. The van der Waals surface area contributed by atoms with Crippen LogP contribution in [0.5, 0.6) is 5.75 Å². The molecule has 1 heterocycles. The molecule has 0 atom stereocenters. The zero-order valence-corrected chi connectivity index (χ0v) is 14.8. The molecule has 0 saturated heterocycles. The first kappa shape index (κ1) is 20.4. The second kappa shape index (κ2) is 8.20. The molecule has 0 unspecified atom stereocenters. The number of hydrogen-bond donors (Lipinski definition) is 1. The lowest BCUT2D eigenvalue weighted by atomic mass is 9.98. The summed E-state index contributed by atoms with van der Waals surface area (Å²) in [6.45, 7) is 3.13. The number of ketones is 1. The lowest BCUT2D eigenvalue weighted by molar-refractivity contribution is -0.143. The first-order valence-corrected chi connectivity index (χ1v) is 8.21. The monoisotopic (exact) mass is 381 g/mol. The summed E-state index contributed by atoms with van der Waals surface area (Å²) in [6.07, 6.45) is -4.93. The number of carbonyl (C=O) groups excluding carboxylic acids is 2. The number of hydrogen-bond acceptors (Lipinski definition) is 5. The molecule has 0 spiro atoms. The van der Waals surface area contributed by atoms with Crippen LogP contribution < -0.4 is 0 Å². The van der Waals surface area contributed by atoms with E-state index in [0.29, 0.717) is 0 Å². The molecule has 8 heteroatoms. The topological polar surface area (TPSA) is 76.5 Å². The van der Waals surface area contributed by atoms with E-state index in [0.717, 1.165) is 6.07 Å². The molecule has 0 aliphatic rings. The fourth-order valence-electron chi connectivity index (χ4n) is 2.59. The van der Waals surface area contributed by atoms with Crippen LogP contribution in [0.4, 0.5) is 13.2 Å². The van der Waals surface area contributed by atoms with E-state index in [1.807, 2.05) is 0 Å². The molecular formula is C19H18F3NO4. The van der Waals surface area contributed by atoms with Crippen LogP contribution in [0.2, 0.25) is 0 Å². The van der Waals surface area contributed by atoms with Gasteiger partial charge in [-0.3, -0.25) is 9.59 Å². The minimum Gasteiger partial charge on any atom is -0.506 e. The van der Waals surface area contributed by atoms with Gasteiger partial charge in [-0.05, 0) is 37.6 Å². The van der Waals surface area contributed by atoms with Crippen molar-refractivity contribution in [2.75, 3.05) is 6.61 Å². The van der Waals surface area contributed by atoms with E-state index < -0.39 is 29.2 Å². The van der Waals surface area contributed by atoms with Crippen molar-refractivity contribution in [2.45, 2.75) is 32.9 Å². The van der Waals surface area contributed by atoms with E-state index in [1.54, 1.807) is 6.92 Å². The van der Waals surface area contributed by atoms with Gasteiger partial charge < -0.3 is 9.84 Å². The van der Waals surface area contributed by atoms with Crippen molar-refractivity contribution >= 4 is 11.8 Å². The number of nitrogens with zero attached hydrogens (tertiary/aromatic N) is 1. The SMILES string of the molecule is CCOC(=O)CCC(=O)c1nc(-c2cccc(C(F)(F)F)c2C)ccc1O. The minimum atomic E-state index is -4.52. The average Bonchev–Trinajstić information content (AvgIpc) is 2.60. The van der Waals surface area contributed by atoms with Crippen LogP contribution in [-0.4, -0.2) is 28.4 Å². The molecule has 0 radical (unpaired) electrons. The average molecular weight is 381 g/mol. The van der Waals surface area contributed by atoms with Crippen LogP contribution >= 0.6 is 0 Å². The molecule has 0 bridgehead atoms. The molecule has 2 aromatic rings. The van der Waals surface area contributed by atoms with Crippen LogP contribution in [0.1, 0.15) is 41.4 Å². The normalized spacial score (nSPS) is 11.3. The maximum absolute atomic E-state index is 13.1. The van der Waals surface area contributed by atoms with Gasteiger partial charge in [0, 0.05) is 12.0 Å². The van der Waals surface area contributed by atoms with Gasteiger partial charge in [0.1, 0.15) is 11.4 Å². The molecule has 5 nitrogen and oxygen atoms in total. The summed E-state index contributed by atoms with van der Waals surface area (Å²) in [7, 11) is 0. The molecule has 0 amide bonds.